The molecule has 1 N–H and O–H groups in total. The van der Waals surface area contributed by atoms with Gasteiger partial charge in [0.1, 0.15) is 6.33 Å². The molecule has 1 aliphatic carbocycles. The predicted octanol–water partition coefficient (Wildman–Crippen LogP) is 3.39. The normalized spacial score (nSPS) is 19.7. The molecule has 0 radical (unpaired) electrons. The van der Waals surface area contributed by atoms with Gasteiger partial charge in [0, 0.05) is 7.05 Å². The van der Waals surface area contributed by atoms with E-state index >= 15 is 0 Å². The maximum atomic E-state index is 13.2. The Labute approximate surface area is 169 Å². The van der Waals surface area contributed by atoms with Crippen LogP contribution in [0.5, 0.6) is 0 Å². The molecule has 1 fully saturated rings. The Kier molecular flexibility index (Phi) is 3.72. The lowest BCUT2D eigenvalue weighted by molar-refractivity contribution is -0.124. The van der Waals surface area contributed by atoms with Crippen LogP contribution in [-0.4, -0.2) is 37.5 Å². The zero-order valence-corrected chi connectivity index (χ0v) is 17.2. The van der Waals surface area contributed by atoms with Gasteiger partial charge in [0.05, 0.1) is 34.9 Å². The van der Waals surface area contributed by atoms with Crippen molar-refractivity contribution in [1.29, 1.82) is 0 Å². The summed E-state index contributed by atoms with van der Waals surface area (Å²) in [6.45, 7) is 6.56. The molecule has 3 aromatic rings. The van der Waals surface area contributed by atoms with Crippen LogP contribution < -0.4 is 10.2 Å². The second kappa shape index (κ2) is 5.98. The van der Waals surface area contributed by atoms with Gasteiger partial charge < -0.3 is 10.2 Å². The van der Waals surface area contributed by atoms with E-state index in [-0.39, 0.29) is 11.3 Å². The van der Waals surface area contributed by atoms with Gasteiger partial charge in [-0.3, -0.25) is 4.79 Å². The first-order valence-corrected chi connectivity index (χ1v) is 10.0. The van der Waals surface area contributed by atoms with Crippen molar-refractivity contribution in [3.05, 3.63) is 36.0 Å². The van der Waals surface area contributed by atoms with E-state index in [1.165, 1.54) is 6.33 Å². The number of hydrogen-bond donors (Lipinski definition) is 1. The summed E-state index contributed by atoms with van der Waals surface area (Å²) in [7, 11) is 1.83. The van der Waals surface area contributed by atoms with Crippen LogP contribution in [0.4, 0.5) is 17.3 Å². The Bertz CT molecular complexity index is 1120. The fourth-order valence-corrected chi connectivity index (χ4v) is 4.58. The highest BCUT2D eigenvalue weighted by Crippen LogP contribution is 2.52. The van der Waals surface area contributed by atoms with E-state index in [1.807, 2.05) is 26.2 Å². The highest BCUT2D eigenvalue weighted by molar-refractivity contribution is 6.07. The van der Waals surface area contributed by atoms with Crippen LogP contribution in [0, 0.1) is 12.3 Å². The topological polar surface area (TPSA) is 88.3 Å². The van der Waals surface area contributed by atoms with Gasteiger partial charge in [0.25, 0.3) is 0 Å². The molecule has 0 unspecified atom stereocenters. The van der Waals surface area contributed by atoms with Gasteiger partial charge in [0.15, 0.2) is 5.65 Å². The number of amides is 1. The molecule has 0 saturated heterocycles. The van der Waals surface area contributed by atoms with E-state index in [0.717, 1.165) is 54.0 Å². The zero-order valence-electron chi connectivity index (χ0n) is 17.2. The van der Waals surface area contributed by atoms with Crippen molar-refractivity contribution in [3.8, 4) is 0 Å². The minimum absolute atomic E-state index is 0.148. The molecule has 0 bridgehead atoms. The van der Waals surface area contributed by atoms with E-state index in [2.05, 4.69) is 34.2 Å². The first-order valence-electron chi connectivity index (χ1n) is 10.0. The summed E-state index contributed by atoms with van der Waals surface area (Å²) in [4.78, 5) is 28.5. The summed E-state index contributed by atoms with van der Waals surface area (Å²) >= 11 is 0. The number of aryl methyl sites for hydroxylation is 1. The van der Waals surface area contributed by atoms with Gasteiger partial charge in [-0.2, -0.15) is 5.10 Å². The summed E-state index contributed by atoms with van der Waals surface area (Å²) in [5.41, 5.74) is 4.10. The first-order chi connectivity index (χ1) is 13.8. The smallest absolute Gasteiger partial charge is 0.239 e. The largest absolute Gasteiger partial charge is 0.323 e. The quantitative estimate of drug-likeness (QED) is 0.720. The average molecular weight is 391 g/mol. The summed E-state index contributed by atoms with van der Waals surface area (Å²) in [5.74, 6) is 0.647. The molecular formula is C21H25N7O. The number of nitrogens with one attached hydrogen (secondary N) is 1. The predicted molar refractivity (Wildman–Crippen MR) is 110 cm³/mol. The number of likely N-dealkylation sites (N-methyl/N-ethyl adjacent to an activating group) is 1. The molecule has 8 heteroatoms. The van der Waals surface area contributed by atoms with Crippen LogP contribution in [0.25, 0.3) is 5.65 Å². The lowest BCUT2D eigenvalue weighted by Crippen LogP contribution is -2.43. The molecule has 4 heterocycles. The van der Waals surface area contributed by atoms with Gasteiger partial charge >= 0.3 is 0 Å². The van der Waals surface area contributed by atoms with Crippen LogP contribution in [0.1, 0.15) is 50.8 Å². The number of nitrogens with zero attached hydrogens (tertiary/aromatic N) is 6. The van der Waals surface area contributed by atoms with Gasteiger partial charge in [0.2, 0.25) is 11.9 Å². The van der Waals surface area contributed by atoms with Gasteiger partial charge in [-0.15, -0.1) is 0 Å². The molecule has 1 amide bonds. The van der Waals surface area contributed by atoms with E-state index in [0.29, 0.717) is 5.95 Å². The Morgan fingerprint density at radius 3 is 2.66 bits per heavy atom. The first kappa shape index (κ1) is 18.0. The molecule has 8 nitrogen and oxygen atoms in total. The molecule has 5 rings (SSSR count). The molecule has 2 aliphatic rings. The SMILES string of the molecule is Cc1cc2ncnn2cc1Nc1ncc2c(n1)C1(CCC(C)(C)CC1)C(=O)N2C. The van der Waals surface area contributed by atoms with E-state index in [1.54, 1.807) is 15.6 Å². The Balaban J connectivity index is 1.53. The molecule has 1 aliphatic heterocycles. The Morgan fingerprint density at radius 2 is 1.90 bits per heavy atom. The van der Waals surface area contributed by atoms with Crippen LogP contribution in [0.3, 0.4) is 0 Å². The third kappa shape index (κ3) is 2.69. The number of fused-ring (bicyclic) bond motifs is 3. The van der Waals surface area contributed by atoms with Crippen molar-refractivity contribution in [1.82, 2.24) is 24.6 Å². The highest BCUT2D eigenvalue weighted by atomic mass is 16.2. The fourth-order valence-electron chi connectivity index (χ4n) is 4.58. The van der Waals surface area contributed by atoms with E-state index in [4.69, 9.17) is 4.98 Å². The second-order valence-electron chi connectivity index (χ2n) is 9.10. The van der Waals surface area contributed by atoms with Crippen LogP contribution in [-0.2, 0) is 10.2 Å². The van der Waals surface area contributed by atoms with Crippen molar-refractivity contribution >= 4 is 28.9 Å². The molecular weight excluding hydrogens is 366 g/mol. The lowest BCUT2D eigenvalue weighted by atomic mass is 9.64. The maximum Gasteiger partial charge on any atom is 0.239 e. The van der Waals surface area contributed by atoms with Crippen LogP contribution >= 0.6 is 0 Å². The number of aromatic nitrogens is 5. The maximum absolute atomic E-state index is 13.2. The van der Waals surface area contributed by atoms with E-state index in [9.17, 15) is 4.79 Å². The Hall–Kier alpha value is -3.03. The van der Waals surface area contributed by atoms with E-state index < -0.39 is 5.41 Å². The van der Waals surface area contributed by atoms with Crippen molar-refractivity contribution in [3.63, 3.8) is 0 Å². The summed E-state index contributed by atoms with van der Waals surface area (Å²) in [6, 6.07) is 1.96. The fraction of sp³-hybridized carbons (Fsp3) is 0.476. The van der Waals surface area contributed by atoms with Crippen LogP contribution in [0.15, 0.2) is 24.8 Å². The molecule has 150 valence electrons. The zero-order chi connectivity index (χ0) is 20.4. The monoisotopic (exact) mass is 391 g/mol. The summed E-state index contributed by atoms with van der Waals surface area (Å²) in [5, 5.41) is 7.51. The molecule has 3 aromatic heterocycles. The van der Waals surface area contributed by atoms with Crippen LogP contribution in [0.2, 0.25) is 0 Å². The minimum atomic E-state index is -0.524. The minimum Gasteiger partial charge on any atom is -0.323 e. The third-order valence-corrected chi connectivity index (χ3v) is 6.62. The van der Waals surface area contributed by atoms with Gasteiger partial charge in [-0.25, -0.2) is 19.5 Å². The number of anilines is 3. The van der Waals surface area contributed by atoms with Crippen molar-refractivity contribution in [2.75, 3.05) is 17.3 Å². The summed E-state index contributed by atoms with van der Waals surface area (Å²) < 4.78 is 1.71. The molecule has 0 atom stereocenters. The second-order valence-corrected chi connectivity index (χ2v) is 9.10. The number of carbonyl (C=O) groups is 1. The molecule has 0 aromatic carbocycles. The third-order valence-electron chi connectivity index (χ3n) is 6.62. The number of hydrogen-bond acceptors (Lipinski definition) is 6. The molecule has 1 spiro atoms. The van der Waals surface area contributed by atoms with Crippen molar-refractivity contribution in [2.45, 2.75) is 51.9 Å². The highest BCUT2D eigenvalue weighted by Gasteiger charge is 2.53. The van der Waals surface area contributed by atoms with Crippen molar-refractivity contribution < 1.29 is 4.79 Å². The lowest BCUT2D eigenvalue weighted by Gasteiger charge is -2.39. The standard InChI is InChI=1S/C21H25N7O/c1-13-9-16-23-12-24-28(16)11-14(13)25-19-22-10-15-17(26-19)21(18(29)27(15)4)7-5-20(2,3)6-8-21/h9-12H,5-8H2,1-4H3,(H,22,25,26). The molecule has 29 heavy (non-hydrogen) atoms. The van der Waals surface area contributed by atoms with Gasteiger partial charge in [-0.05, 0) is 49.7 Å². The van der Waals surface area contributed by atoms with Gasteiger partial charge in [-0.1, -0.05) is 13.8 Å². The number of pyridine rings is 1. The average Bonchev–Trinajstić information content (AvgIpc) is 3.21. The number of rotatable bonds is 2. The number of carbonyl (C=O) groups excluding carboxylic acids is 1. The summed E-state index contributed by atoms with van der Waals surface area (Å²) in [6.07, 6.45) is 8.86. The molecule has 1 saturated carbocycles. The Morgan fingerprint density at radius 1 is 1.14 bits per heavy atom. The van der Waals surface area contributed by atoms with Crippen molar-refractivity contribution in [2.24, 2.45) is 5.41 Å².